The number of carbonyl (C=O) groups excluding carboxylic acids is 1. The summed E-state index contributed by atoms with van der Waals surface area (Å²) in [6.45, 7) is 5.08. The lowest BCUT2D eigenvalue weighted by Crippen LogP contribution is -2.46. The van der Waals surface area contributed by atoms with Crippen molar-refractivity contribution in [1.82, 2.24) is 9.80 Å². The summed E-state index contributed by atoms with van der Waals surface area (Å²) < 4.78 is 51.6. The zero-order valence-corrected chi connectivity index (χ0v) is 13.2. The van der Waals surface area contributed by atoms with Crippen LogP contribution in [0, 0.1) is 5.82 Å². The van der Waals surface area contributed by atoms with E-state index < -0.39 is 23.5 Å². The maximum atomic E-state index is 13.7. The highest BCUT2D eigenvalue weighted by molar-refractivity contribution is 5.83. The fourth-order valence-corrected chi connectivity index (χ4v) is 2.74. The minimum atomic E-state index is -4.73. The zero-order chi connectivity index (χ0) is 17.2. The second-order valence-electron chi connectivity index (χ2n) is 6.00. The predicted octanol–water partition coefficient (Wildman–Crippen LogP) is 2.76. The Hall–Kier alpha value is -1.47. The van der Waals surface area contributed by atoms with Gasteiger partial charge in [0.25, 0.3) is 0 Å². The summed E-state index contributed by atoms with van der Waals surface area (Å²) in [6.07, 6.45) is -4.73. The number of hydrogen-bond donors (Lipinski definition) is 0. The van der Waals surface area contributed by atoms with Gasteiger partial charge in [0.2, 0.25) is 0 Å². The van der Waals surface area contributed by atoms with E-state index in [1.54, 1.807) is 0 Å². The van der Waals surface area contributed by atoms with Crippen LogP contribution in [0.5, 0.6) is 0 Å². The van der Waals surface area contributed by atoms with Gasteiger partial charge in [-0.05, 0) is 31.7 Å². The van der Waals surface area contributed by atoms with E-state index in [9.17, 15) is 22.4 Å². The van der Waals surface area contributed by atoms with Crippen molar-refractivity contribution >= 4 is 5.78 Å². The van der Waals surface area contributed by atoms with Crippen LogP contribution in [0.4, 0.5) is 17.6 Å². The molecule has 1 fully saturated rings. The van der Waals surface area contributed by atoms with Crippen LogP contribution in [0.3, 0.4) is 0 Å². The van der Waals surface area contributed by atoms with Crippen molar-refractivity contribution in [3.63, 3.8) is 0 Å². The number of benzene rings is 1. The summed E-state index contributed by atoms with van der Waals surface area (Å²) in [4.78, 5) is 16.1. The maximum absolute atomic E-state index is 13.7. The molecule has 128 valence electrons. The highest BCUT2D eigenvalue weighted by atomic mass is 19.4. The van der Waals surface area contributed by atoms with Gasteiger partial charge in [0, 0.05) is 32.7 Å². The van der Waals surface area contributed by atoms with Crippen LogP contribution in [0.15, 0.2) is 18.2 Å². The third-order valence-electron chi connectivity index (χ3n) is 4.23. The van der Waals surface area contributed by atoms with Gasteiger partial charge >= 0.3 is 6.18 Å². The van der Waals surface area contributed by atoms with E-state index >= 15 is 0 Å². The van der Waals surface area contributed by atoms with E-state index in [0.29, 0.717) is 18.2 Å². The summed E-state index contributed by atoms with van der Waals surface area (Å²) in [5.74, 6) is -2.13. The second-order valence-corrected chi connectivity index (χ2v) is 6.00. The van der Waals surface area contributed by atoms with E-state index in [0.717, 1.165) is 32.2 Å². The van der Waals surface area contributed by atoms with Crippen LogP contribution < -0.4 is 0 Å². The van der Waals surface area contributed by atoms with E-state index in [1.807, 2.05) is 7.05 Å². The number of rotatable bonds is 4. The van der Waals surface area contributed by atoms with Crippen LogP contribution in [-0.2, 0) is 11.0 Å². The van der Waals surface area contributed by atoms with Crippen molar-refractivity contribution in [1.29, 1.82) is 0 Å². The van der Waals surface area contributed by atoms with Crippen LogP contribution in [0.25, 0.3) is 0 Å². The minimum Gasteiger partial charge on any atom is -0.304 e. The molecule has 0 N–H and O–H groups in total. The van der Waals surface area contributed by atoms with Crippen molar-refractivity contribution in [2.24, 2.45) is 0 Å². The molecule has 23 heavy (non-hydrogen) atoms. The van der Waals surface area contributed by atoms with Gasteiger partial charge in [-0.15, -0.1) is 0 Å². The minimum absolute atomic E-state index is 0.178. The lowest BCUT2D eigenvalue weighted by atomic mass is 9.93. The van der Waals surface area contributed by atoms with Crippen LogP contribution in [-0.4, -0.2) is 55.4 Å². The molecule has 1 aliphatic heterocycles. The van der Waals surface area contributed by atoms with Crippen molar-refractivity contribution in [3.05, 3.63) is 35.1 Å². The smallest absolute Gasteiger partial charge is 0.304 e. The lowest BCUT2D eigenvalue weighted by molar-refractivity contribution is -0.140. The fourth-order valence-electron chi connectivity index (χ4n) is 2.74. The molecule has 2 rings (SSSR count). The molecule has 0 amide bonds. The Labute approximate surface area is 132 Å². The molecule has 3 nitrogen and oxygen atoms in total. The first-order chi connectivity index (χ1) is 10.7. The second kappa shape index (κ2) is 6.97. The van der Waals surface area contributed by atoms with Crippen molar-refractivity contribution in [2.75, 3.05) is 39.8 Å². The Bertz CT molecular complexity index is 566. The monoisotopic (exact) mass is 332 g/mol. The van der Waals surface area contributed by atoms with E-state index in [1.165, 1.54) is 13.0 Å². The Morgan fingerprint density at radius 3 is 2.30 bits per heavy atom. The molecule has 1 aromatic rings. The molecular weight excluding hydrogens is 312 g/mol. The summed E-state index contributed by atoms with van der Waals surface area (Å²) in [7, 11) is 2.00. The maximum Gasteiger partial charge on any atom is 0.419 e. The lowest BCUT2D eigenvalue weighted by Gasteiger charge is -2.34. The highest BCUT2D eigenvalue weighted by Crippen LogP contribution is 2.33. The molecule has 0 spiro atoms. The number of piperazine rings is 1. The van der Waals surface area contributed by atoms with Gasteiger partial charge in [-0.2, -0.15) is 13.2 Å². The van der Waals surface area contributed by atoms with Gasteiger partial charge in [-0.1, -0.05) is 6.07 Å². The molecule has 0 unspecified atom stereocenters. The number of hydrogen-bond acceptors (Lipinski definition) is 3. The molecule has 0 bridgehead atoms. The molecular formula is C16H20F4N2O. The average molecular weight is 332 g/mol. The average Bonchev–Trinajstić information content (AvgIpc) is 2.44. The molecule has 0 radical (unpaired) electrons. The molecule has 1 heterocycles. The first-order valence-electron chi connectivity index (χ1n) is 7.46. The molecule has 0 aliphatic carbocycles. The molecule has 1 atom stereocenters. The Morgan fingerprint density at radius 1 is 1.22 bits per heavy atom. The third-order valence-corrected chi connectivity index (χ3v) is 4.23. The Kier molecular flexibility index (Phi) is 5.41. The summed E-state index contributed by atoms with van der Waals surface area (Å²) >= 11 is 0. The summed E-state index contributed by atoms with van der Waals surface area (Å²) in [5, 5.41) is 0. The molecule has 1 aliphatic rings. The molecule has 7 heteroatoms. The largest absolute Gasteiger partial charge is 0.419 e. The van der Waals surface area contributed by atoms with Crippen LogP contribution in [0.1, 0.15) is 24.0 Å². The topological polar surface area (TPSA) is 23.6 Å². The van der Waals surface area contributed by atoms with E-state index in [4.69, 9.17) is 0 Å². The number of nitrogens with zero attached hydrogens (tertiary/aromatic N) is 2. The van der Waals surface area contributed by atoms with Crippen molar-refractivity contribution in [2.45, 2.75) is 19.0 Å². The predicted molar refractivity (Wildman–Crippen MR) is 78.8 cm³/mol. The van der Waals surface area contributed by atoms with Gasteiger partial charge in [0.05, 0.1) is 11.5 Å². The van der Waals surface area contributed by atoms with Gasteiger partial charge in [0.15, 0.2) is 0 Å². The van der Waals surface area contributed by atoms with E-state index in [2.05, 4.69) is 9.80 Å². The summed E-state index contributed by atoms with van der Waals surface area (Å²) in [5.41, 5.74) is -1.01. The Morgan fingerprint density at radius 2 is 1.83 bits per heavy atom. The van der Waals surface area contributed by atoms with Crippen LogP contribution in [0.2, 0.25) is 0 Å². The van der Waals surface area contributed by atoms with Crippen molar-refractivity contribution in [3.8, 4) is 0 Å². The molecule has 0 saturated carbocycles. The van der Waals surface area contributed by atoms with Gasteiger partial charge < -0.3 is 4.90 Å². The first kappa shape index (κ1) is 17.9. The normalized spacial score (nSPS) is 18.9. The number of ketones is 1. The number of alkyl halides is 3. The molecule has 1 saturated heterocycles. The van der Waals surface area contributed by atoms with Gasteiger partial charge in [-0.25, -0.2) is 4.39 Å². The fraction of sp³-hybridized carbons (Fsp3) is 0.562. The Balaban J connectivity index is 2.18. The highest BCUT2D eigenvalue weighted by Gasteiger charge is 2.34. The molecule has 1 aromatic carbocycles. The third kappa shape index (κ3) is 4.51. The molecule has 0 aromatic heterocycles. The number of likely N-dealkylation sites (N-methyl/N-ethyl adjacent to an activating group) is 1. The number of carbonyl (C=O) groups is 1. The standard InChI is InChI=1S/C16H20F4N2O/c1-11(23)13(10-22-7-5-21(2)6-8-22)12-3-4-14(15(17)9-12)16(18,19)20/h3-4,9,13H,5-8,10H2,1-2H3/t13-/m1/s1. The zero-order valence-electron chi connectivity index (χ0n) is 13.2. The van der Waals surface area contributed by atoms with Crippen LogP contribution >= 0.6 is 0 Å². The summed E-state index contributed by atoms with van der Waals surface area (Å²) in [6, 6.07) is 2.75. The van der Waals surface area contributed by atoms with Crippen molar-refractivity contribution < 1.29 is 22.4 Å². The van der Waals surface area contributed by atoms with Gasteiger partial charge in [-0.3, -0.25) is 9.69 Å². The number of Topliss-reactive ketones (excluding diaryl/α,β-unsaturated/α-hetero) is 1. The van der Waals surface area contributed by atoms with E-state index in [-0.39, 0.29) is 5.78 Å². The quantitative estimate of drug-likeness (QED) is 0.792. The first-order valence-corrected chi connectivity index (χ1v) is 7.46. The number of halogens is 4. The SMILES string of the molecule is CC(=O)[C@@H](CN1CCN(C)CC1)c1ccc(C(F)(F)F)c(F)c1. The van der Waals surface area contributed by atoms with Gasteiger partial charge in [0.1, 0.15) is 11.6 Å².